The van der Waals surface area contributed by atoms with Crippen LogP contribution >= 0.6 is 0 Å². The Morgan fingerprint density at radius 2 is 1.88 bits per heavy atom. The summed E-state index contributed by atoms with van der Waals surface area (Å²) in [6.45, 7) is 12.4. The summed E-state index contributed by atoms with van der Waals surface area (Å²) in [5, 5.41) is 0. The van der Waals surface area contributed by atoms with Crippen molar-refractivity contribution in [1.82, 2.24) is 0 Å². The molecule has 0 saturated heterocycles. The summed E-state index contributed by atoms with van der Waals surface area (Å²) in [6.07, 6.45) is 8.09. The van der Waals surface area contributed by atoms with Crippen molar-refractivity contribution < 1.29 is 19.1 Å². The molecule has 0 aromatic carbocycles. The highest BCUT2D eigenvalue weighted by molar-refractivity contribution is 6.09. The summed E-state index contributed by atoms with van der Waals surface area (Å²) in [6, 6.07) is 0. The lowest BCUT2D eigenvalue weighted by atomic mass is 9.63. The van der Waals surface area contributed by atoms with Crippen LogP contribution in [0, 0.1) is 0 Å². The molecule has 2 unspecified atom stereocenters. The number of ketones is 2. The molecule has 0 radical (unpaired) electrons. The average Bonchev–Trinajstić information content (AvgIpc) is 2.60. The van der Waals surface area contributed by atoms with Crippen molar-refractivity contribution in [1.29, 1.82) is 0 Å². The van der Waals surface area contributed by atoms with E-state index >= 15 is 0 Å². The summed E-state index contributed by atoms with van der Waals surface area (Å²) in [5.41, 5.74) is 2.48. The molecule has 4 heteroatoms. The number of carbonyl (C=O) groups excluding carboxylic acids is 2. The quantitative estimate of drug-likeness (QED) is 0.754. The molecular weight excluding hydrogens is 328 g/mol. The Labute approximate surface area is 154 Å². The van der Waals surface area contributed by atoms with Crippen LogP contribution < -0.4 is 0 Å². The maximum atomic E-state index is 12.6. The van der Waals surface area contributed by atoms with Gasteiger partial charge < -0.3 is 9.47 Å². The number of hydrogen-bond donors (Lipinski definition) is 0. The molecule has 0 spiro atoms. The molecule has 26 heavy (non-hydrogen) atoms. The van der Waals surface area contributed by atoms with Crippen LogP contribution in [0.1, 0.15) is 40.5 Å². The van der Waals surface area contributed by atoms with Crippen LogP contribution in [0.15, 0.2) is 58.7 Å². The fourth-order valence-corrected chi connectivity index (χ4v) is 4.49. The Morgan fingerprint density at radius 1 is 1.19 bits per heavy atom. The van der Waals surface area contributed by atoms with Gasteiger partial charge >= 0.3 is 0 Å². The molecule has 0 heterocycles. The molecular formula is C22H26O4. The highest BCUT2D eigenvalue weighted by Crippen LogP contribution is 2.52. The van der Waals surface area contributed by atoms with Gasteiger partial charge in [0.15, 0.2) is 11.6 Å². The average molecular weight is 354 g/mol. The lowest BCUT2D eigenvalue weighted by Crippen LogP contribution is -2.49. The van der Waals surface area contributed by atoms with Gasteiger partial charge in [-0.15, -0.1) is 0 Å². The zero-order valence-corrected chi connectivity index (χ0v) is 16.0. The van der Waals surface area contributed by atoms with Gasteiger partial charge in [0.05, 0.1) is 0 Å². The Bertz CT molecular complexity index is 808. The lowest BCUT2D eigenvalue weighted by molar-refractivity contribution is -0.133. The third-order valence-corrected chi connectivity index (χ3v) is 5.74. The number of allylic oxidation sites excluding steroid dienone is 3. The van der Waals surface area contributed by atoms with E-state index in [1.54, 1.807) is 18.2 Å². The molecule has 3 aliphatic rings. The van der Waals surface area contributed by atoms with Gasteiger partial charge in [-0.25, -0.2) is 0 Å². The topological polar surface area (TPSA) is 52.6 Å². The van der Waals surface area contributed by atoms with Crippen molar-refractivity contribution in [3.63, 3.8) is 0 Å². The minimum Gasteiger partial charge on any atom is -0.366 e. The van der Waals surface area contributed by atoms with Gasteiger partial charge in [0.2, 0.25) is 0 Å². The van der Waals surface area contributed by atoms with Crippen LogP contribution in [0.2, 0.25) is 0 Å². The van der Waals surface area contributed by atoms with Crippen molar-refractivity contribution in [2.75, 3.05) is 13.2 Å². The van der Waals surface area contributed by atoms with Gasteiger partial charge in [0, 0.05) is 18.8 Å². The van der Waals surface area contributed by atoms with Gasteiger partial charge in [0.25, 0.3) is 0 Å². The highest BCUT2D eigenvalue weighted by atomic mass is 16.5. The smallest absolute Gasteiger partial charge is 0.191 e. The van der Waals surface area contributed by atoms with Gasteiger partial charge in [0.1, 0.15) is 11.2 Å². The molecule has 0 saturated carbocycles. The number of carbonyl (C=O) groups is 2. The van der Waals surface area contributed by atoms with Crippen LogP contribution in [0.4, 0.5) is 0 Å². The van der Waals surface area contributed by atoms with Gasteiger partial charge in [-0.05, 0) is 75.0 Å². The van der Waals surface area contributed by atoms with Crippen LogP contribution in [-0.2, 0) is 19.1 Å². The predicted molar refractivity (Wildman–Crippen MR) is 101 cm³/mol. The summed E-state index contributed by atoms with van der Waals surface area (Å²) < 4.78 is 12.1. The third-order valence-electron chi connectivity index (χ3n) is 5.74. The normalized spacial score (nSPS) is 31.0. The number of ether oxygens (including phenoxy) is 2. The molecule has 0 amide bonds. The molecule has 2 atom stereocenters. The molecule has 0 aliphatic heterocycles. The van der Waals surface area contributed by atoms with Crippen molar-refractivity contribution in [2.45, 2.75) is 51.7 Å². The Kier molecular flexibility index (Phi) is 4.76. The minimum absolute atomic E-state index is 0.0395. The molecule has 0 fully saturated rings. The third kappa shape index (κ3) is 2.43. The van der Waals surface area contributed by atoms with Gasteiger partial charge in [-0.1, -0.05) is 18.7 Å². The van der Waals surface area contributed by atoms with E-state index in [1.165, 1.54) is 0 Å². The van der Waals surface area contributed by atoms with E-state index in [-0.39, 0.29) is 11.6 Å². The highest BCUT2D eigenvalue weighted by Gasteiger charge is 2.51. The van der Waals surface area contributed by atoms with E-state index in [2.05, 4.69) is 6.58 Å². The summed E-state index contributed by atoms with van der Waals surface area (Å²) >= 11 is 0. The first-order valence-corrected chi connectivity index (χ1v) is 9.20. The predicted octanol–water partition coefficient (Wildman–Crippen LogP) is 3.80. The molecule has 0 N–H and O–H groups in total. The molecule has 0 bridgehead atoms. The van der Waals surface area contributed by atoms with E-state index in [0.717, 1.165) is 22.3 Å². The molecule has 0 aromatic heterocycles. The molecule has 4 nitrogen and oxygen atoms in total. The van der Waals surface area contributed by atoms with E-state index in [9.17, 15) is 9.59 Å². The number of rotatable bonds is 5. The van der Waals surface area contributed by atoms with Crippen LogP contribution in [0.25, 0.3) is 0 Å². The van der Waals surface area contributed by atoms with E-state index < -0.39 is 11.2 Å². The van der Waals surface area contributed by atoms with Gasteiger partial charge in [-0.2, -0.15) is 0 Å². The fraction of sp³-hybridized carbons (Fsp3) is 0.455. The first-order valence-electron chi connectivity index (χ1n) is 9.20. The number of hydrogen-bond acceptors (Lipinski definition) is 4. The second-order valence-electron chi connectivity index (χ2n) is 6.98. The maximum absolute atomic E-state index is 12.6. The van der Waals surface area contributed by atoms with Crippen molar-refractivity contribution in [3.05, 3.63) is 58.7 Å². The molecule has 138 valence electrons. The summed E-state index contributed by atoms with van der Waals surface area (Å²) in [4.78, 5) is 25.2. The SMILES string of the molecule is C=CC1=C(C)C(=O)C=C2C3=C(CCC21OCC)C(C)(OCC)C(=O)C=C3. The maximum Gasteiger partial charge on any atom is 0.191 e. The van der Waals surface area contributed by atoms with Crippen LogP contribution in [0.3, 0.4) is 0 Å². The molecule has 3 rings (SSSR count). The summed E-state index contributed by atoms with van der Waals surface area (Å²) in [5.74, 6) is -0.0946. The largest absolute Gasteiger partial charge is 0.366 e. The van der Waals surface area contributed by atoms with Crippen LogP contribution in [-0.4, -0.2) is 36.0 Å². The first kappa shape index (κ1) is 18.7. The van der Waals surface area contributed by atoms with Crippen molar-refractivity contribution in [3.8, 4) is 0 Å². The van der Waals surface area contributed by atoms with Crippen molar-refractivity contribution in [2.24, 2.45) is 0 Å². The van der Waals surface area contributed by atoms with E-state index in [1.807, 2.05) is 33.8 Å². The number of fused-ring (bicyclic) bond motifs is 2. The van der Waals surface area contributed by atoms with Crippen LogP contribution in [0.5, 0.6) is 0 Å². The van der Waals surface area contributed by atoms with E-state index in [4.69, 9.17) is 9.47 Å². The zero-order valence-electron chi connectivity index (χ0n) is 16.0. The standard InChI is InChI=1S/C22H26O4/c1-6-16-14(4)19(23)13-18-15-9-10-20(24)21(5,25-7-2)17(15)11-12-22(16,18)26-8-3/h6,9-10,13H,1,7-8,11-12H2,2-5H3. The molecule has 3 aliphatic carbocycles. The van der Waals surface area contributed by atoms with E-state index in [0.29, 0.717) is 31.6 Å². The Balaban J connectivity index is 2.24. The first-order chi connectivity index (χ1) is 12.4. The Hall–Kier alpha value is -2.04. The second-order valence-corrected chi connectivity index (χ2v) is 6.98. The Morgan fingerprint density at radius 3 is 2.50 bits per heavy atom. The minimum atomic E-state index is -0.981. The zero-order chi connectivity index (χ0) is 19.1. The second kappa shape index (κ2) is 6.60. The fourth-order valence-electron chi connectivity index (χ4n) is 4.49. The van der Waals surface area contributed by atoms with Gasteiger partial charge in [-0.3, -0.25) is 9.59 Å². The monoisotopic (exact) mass is 354 g/mol. The lowest BCUT2D eigenvalue weighted by Gasteiger charge is -2.47. The van der Waals surface area contributed by atoms with Crippen molar-refractivity contribution >= 4 is 11.6 Å². The molecule has 0 aromatic rings. The summed E-state index contributed by atoms with van der Waals surface area (Å²) in [7, 11) is 0.